The predicted octanol–water partition coefficient (Wildman–Crippen LogP) is 3.31. The molecule has 1 amide bonds. The first-order valence-corrected chi connectivity index (χ1v) is 8.83. The minimum absolute atomic E-state index is 0.0126. The van der Waals surface area contributed by atoms with Crippen LogP contribution in [0.1, 0.15) is 28.4 Å². The van der Waals surface area contributed by atoms with Crippen molar-refractivity contribution in [1.82, 2.24) is 10.2 Å². The SMILES string of the molecule is CCN(CCNC(=O)c1cccc(CN(C)C)c1)c1ccccc1C. The standard InChI is InChI=1S/C21H29N3O/c1-5-24(20-12-7-6-9-17(20)2)14-13-22-21(25)19-11-8-10-18(15-19)16-23(3)4/h6-12,15H,5,13-14,16H2,1-4H3,(H,22,25). The van der Waals surface area contributed by atoms with Crippen molar-refractivity contribution in [2.24, 2.45) is 0 Å². The molecular formula is C21H29N3O. The Hall–Kier alpha value is -2.33. The zero-order valence-electron chi connectivity index (χ0n) is 15.7. The van der Waals surface area contributed by atoms with Crippen molar-refractivity contribution < 1.29 is 4.79 Å². The van der Waals surface area contributed by atoms with Gasteiger partial charge >= 0.3 is 0 Å². The average Bonchev–Trinajstić information content (AvgIpc) is 2.59. The van der Waals surface area contributed by atoms with Gasteiger partial charge in [0.1, 0.15) is 0 Å². The lowest BCUT2D eigenvalue weighted by molar-refractivity contribution is 0.0954. The van der Waals surface area contributed by atoms with Gasteiger partial charge in [-0.3, -0.25) is 4.79 Å². The van der Waals surface area contributed by atoms with E-state index in [4.69, 9.17) is 0 Å². The monoisotopic (exact) mass is 339 g/mol. The summed E-state index contributed by atoms with van der Waals surface area (Å²) in [6, 6.07) is 16.2. The molecule has 2 rings (SSSR count). The van der Waals surface area contributed by atoms with Crippen molar-refractivity contribution in [3.63, 3.8) is 0 Å². The summed E-state index contributed by atoms with van der Waals surface area (Å²) >= 11 is 0. The lowest BCUT2D eigenvalue weighted by atomic mass is 10.1. The van der Waals surface area contributed by atoms with Gasteiger partial charge in [-0.2, -0.15) is 0 Å². The third kappa shape index (κ3) is 5.61. The molecule has 0 spiro atoms. The van der Waals surface area contributed by atoms with Gasteiger partial charge in [-0.1, -0.05) is 30.3 Å². The third-order valence-electron chi connectivity index (χ3n) is 4.19. The van der Waals surface area contributed by atoms with Crippen LogP contribution in [0.25, 0.3) is 0 Å². The van der Waals surface area contributed by atoms with Crippen LogP contribution in [0.3, 0.4) is 0 Å². The van der Waals surface area contributed by atoms with Gasteiger partial charge in [-0.15, -0.1) is 0 Å². The minimum atomic E-state index is -0.0126. The average molecular weight is 339 g/mol. The molecule has 0 aromatic heterocycles. The molecule has 0 aliphatic rings. The van der Waals surface area contributed by atoms with Crippen LogP contribution < -0.4 is 10.2 Å². The van der Waals surface area contributed by atoms with Gasteiger partial charge in [0.05, 0.1) is 0 Å². The number of amides is 1. The highest BCUT2D eigenvalue weighted by atomic mass is 16.1. The number of carbonyl (C=O) groups is 1. The highest BCUT2D eigenvalue weighted by molar-refractivity contribution is 5.94. The number of carbonyl (C=O) groups excluding carboxylic acids is 1. The molecular weight excluding hydrogens is 310 g/mol. The topological polar surface area (TPSA) is 35.6 Å². The van der Waals surface area contributed by atoms with Crippen LogP contribution in [-0.2, 0) is 6.54 Å². The predicted molar refractivity (Wildman–Crippen MR) is 105 cm³/mol. The van der Waals surface area contributed by atoms with Gasteiger partial charge in [0.2, 0.25) is 0 Å². The molecule has 0 fully saturated rings. The van der Waals surface area contributed by atoms with Crippen LogP contribution in [0.15, 0.2) is 48.5 Å². The van der Waals surface area contributed by atoms with Gasteiger partial charge < -0.3 is 15.1 Å². The Labute approximate surface area is 151 Å². The quantitative estimate of drug-likeness (QED) is 0.801. The Bertz CT molecular complexity index is 697. The van der Waals surface area contributed by atoms with E-state index in [-0.39, 0.29) is 5.91 Å². The van der Waals surface area contributed by atoms with Crippen LogP contribution in [0.5, 0.6) is 0 Å². The summed E-state index contributed by atoms with van der Waals surface area (Å²) in [5.74, 6) is -0.0126. The first kappa shape index (κ1) is 19.0. The van der Waals surface area contributed by atoms with E-state index in [2.05, 4.69) is 53.2 Å². The molecule has 2 aromatic rings. The van der Waals surface area contributed by atoms with Crippen LogP contribution >= 0.6 is 0 Å². The van der Waals surface area contributed by atoms with E-state index in [0.29, 0.717) is 6.54 Å². The molecule has 0 aliphatic carbocycles. The highest BCUT2D eigenvalue weighted by Crippen LogP contribution is 2.18. The third-order valence-corrected chi connectivity index (χ3v) is 4.19. The number of para-hydroxylation sites is 1. The summed E-state index contributed by atoms with van der Waals surface area (Å²) in [6.07, 6.45) is 0. The summed E-state index contributed by atoms with van der Waals surface area (Å²) in [4.78, 5) is 16.8. The van der Waals surface area contributed by atoms with Crippen LogP contribution in [0.2, 0.25) is 0 Å². The second kappa shape index (κ2) is 9.23. The maximum Gasteiger partial charge on any atom is 0.251 e. The molecule has 134 valence electrons. The van der Waals surface area contributed by atoms with E-state index in [0.717, 1.165) is 30.8 Å². The van der Waals surface area contributed by atoms with Crippen molar-refractivity contribution in [2.45, 2.75) is 20.4 Å². The number of rotatable bonds is 8. The fourth-order valence-electron chi connectivity index (χ4n) is 2.95. The lowest BCUT2D eigenvalue weighted by Crippen LogP contribution is -2.35. The van der Waals surface area contributed by atoms with Gasteiger partial charge in [-0.25, -0.2) is 0 Å². The summed E-state index contributed by atoms with van der Waals surface area (Å²) in [7, 11) is 4.05. The minimum Gasteiger partial charge on any atom is -0.370 e. The van der Waals surface area contributed by atoms with Gasteiger partial charge in [-0.05, 0) is 57.3 Å². The second-order valence-corrected chi connectivity index (χ2v) is 6.56. The molecule has 0 bridgehead atoms. The van der Waals surface area contributed by atoms with Crippen LogP contribution in [-0.4, -0.2) is 44.5 Å². The zero-order chi connectivity index (χ0) is 18.2. The van der Waals surface area contributed by atoms with Crippen molar-refractivity contribution >= 4 is 11.6 Å². The highest BCUT2D eigenvalue weighted by Gasteiger charge is 2.09. The molecule has 0 aliphatic heterocycles. The molecule has 0 radical (unpaired) electrons. The molecule has 0 unspecified atom stereocenters. The first-order valence-electron chi connectivity index (χ1n) is 8.83. The Balaban J connectivity index is 1.92. The zero-order valence-corrected chi connectivity index (χ0v) is 15.7. The van der Waals surface area contributed by atoms with E-state index >= 15 is 0 Å². The fourth-order valence-corrected chi connectivity index (χ4v) is 2.95. The number of aryl methyl sites for hydroxylation is 1. The van der Waals surface area contributed by atoms with E-state index in [9.17, 15) is 4.79 Å². The molecule has 0 saturated carbocycles. The first-order chi connectivity index (χ1) is 12.0. The molecule has 0 heterocycles. The summed E-state index contributed by atoms with van der Waals surface area (Å²) in [5, 5.41) is 3.04. The van der Waals surface area contributed by atoms with Gasteiger partial charge in [0, 0.05) is 37.4 Å². The van der Waals surface area contributed by atoms with E-state index < -0.39 is 0 Å². The molecule has 25 heavy (non-hydrogen) atoms. The van der Waals surface area contributed by atoms with E-state index in [1.807, 2.05) is 38.4 Å². The number of nitrogens with zero attached hydrogens (tertiary/aromatic N) is 2. The lowest BCUT2D eigenvalue weighted by Gasteiger charge is -2.25. The van der Waals surface area contributed by atoms with E-state index in [1.54, 1.807) is 0 Å². The molecule has 1 N–H and O–H groups in total. The molecule has 4 heteroatoms. The van der Waals surface area contributed by atoms with E-state index in [1.165, 1.54) is 11.3 Å². The normalized spacial score (nSPS) is 10.8. The van der Waals surface area contributed by atoms with Gasteiger partial charge in [0.25, 0.3) is 5.91 Å². The van der Waals surface area contributed by atoms with Crippen LogP contribution in [0.4, 0.5) is 5.69 Å². The summed E-state index contributed by atoms with van der Waals surface area (Å²) < 4.78 is 0. The van der Waals surface area contributed by atoms with Crippen LogP contribution in [0, 0.1) is 6.92 Å². The van der Waals surface area contributed by atoms with Crippen molar-refractivity contribution in [3.05, 3.63) is 65.2 Å². The van der Waals surface area contributed by atoms with Crippen molar-refractivity contribution in [3.8, 4) is 0 Å². The fraction of sp³-hybridized carbons (Fsp3) is 0.381. The maximum absolute atomic E-state index is 12.4. The maximum atomic E-state index is 12.4. The molecule has 0 saturated heterocycles. The number of benzene rings is 2. The van der Waals surface area contributed by atoms with Crippen molar-refractivity contribution in [1.29, 1.82) is 0 Å². The molecule has 2 aromatic carbocycles. The molecule has 0 atom stereocenters. The number of hydrogen-bond donors (Lipinski definition) is 1. The Morgan fingerprint density at radius 3 is 2.52 bits per heavy atom. The number of hydrogen-bond acceptors (Lipinski definition) is 3. The number of anilines is 1. The Kier molecular flexibility index (Phi) is 7.02. The number of nitrogens with one attached hydrogen (secondary N) is 1. The largest absolute Gasteiger partial charge is 0.370 e. The second-order valence-electron chi connectivity index (χ2n) is 6.56. The molecule has 4 nitrogen and oxygen atoms in total. The van der Waals surface area contributed by atoms with Crippen molar-refractivity contribution in [2.75, 3.05) is 38.6 Å². The smallest absolute Gasteiger partial charge is 0.251 e. The Morgan fingerprint density at radius 1 is 1.08 bits per heavy atom. The summed E-state index contributed by atoms with van der Waals surface area (Å²) in [5.41, 5.74) is 4.35. The number of likely N-dealkylation sites (N-methyl/N-ethyl adjacent to an activating group) is 1. The van der Waals surface area contributed by atoms with Gasteiger partial charge in [0.15, 0.2) is 0 Å². The Morgan fingerprint density at radius 2 is 1.84 bits per heavy atom. The summed E-state index contributed by atoms with van der Waals surface area (Å²) in [6.45, 7) is 7.42.